The van der Waals surface area contributed by atoms with E-state index in [0.717, 1.165) is 11.5 Å². The molecule has 0 aliphatic heterocycles. The second-order valence-electron chi connectivity index (χ2n) is 4.53. The Morgan fingerprint density at radius 2 is 2.12 bits per heavy atom. The van der Waals surface area contributed by atoms with E-state index in [1.54, 1.807) is 12.1 Å². The van der Waals surface area contributed by atoms with Gasteiger partial charge in [-0.3, -0.25) is 14.3 Å². The minimum atomic E-state index is 0.0267. The van der Waals surface area contributed by atoms with Gasteiger partial charge in [0.15, 0.2) is 5.43 Å². The first-order valence-corrected chi connectivity index (χ1v) is 5.91. The molecule has 2 heterocycles. The third-order valence-electron chi connectivity index (χ3n) is 3.43. The van der Waals surface area contributed by atoms with Crippen LogP contribution in [0.2, 0.25) is 0 Å². The van der Waals surface area contributed by atoms with Gasteiger partial charge in [0.2, 0.25) is 0 Å². The summed E-state index contributed by atoms with van der Waals surface area (Å²) in [6.07, 6.45) is 8.18. The SMILES string of the molecule is O=c1ccn2c(C3CCCCC3)n[nH]c2c1. The maximum absolute atomic E-state index is 11.2. The van der Waals surface area contributed by atoms with E-state index < -0.39 is 0 Å². The van der Waals surface area contributed by atoms with Gasteiger partial charge in [-0.2, -0.15) is 5.10 Å². The summed E-state index contributed by atoms with van der Waals surface area (Å²) in [6, 6.07) is 3.19. The van der Waals surface area contributed by atoms with Gasteiger partial charge in [0.1, 0.15) is 11.5 Å². The van der Waals surface area contributed by atoms with Gasteiger partial charge in [-0.25, -0.2) is 0 Å². The Labute approximate surface area is 93.3 Å². The van der Waals surface area contributed by atoms with Crippen molar-refractivity contribution in [1.29, 1.82) is 0 Å². The normalized spacial score (nSPS) is 18.0. The maximum Gasteiger partial charge on any atom is 0.183 e. The van der Waals surface area contributed by atoms with E-state index in [1.807, 2.05) is 10.6 Å². The molecule has 1 saturated carbocycles. The summed E-state index contributed by atoms with van der Waals surface area (Å²) in [7, 11) is 0. The van der Waals surface area contributed by atoms with Crippen molar-refractivity contribution in [2.75, 3.05) is 0 Å². The van der Waals surface area contributed by atoms with E-state index in [9.17, 15) is 4.79 Å². The van der Waals surface area contributed by atoms with Crippen molar-refractivity contribution in [1.82, 2.24) is 14.6 Å². The maximum atomic E-state index is 11.2. The molecule has 1 fully saturated rings. The van der Waals surface area contributed by atoms with E-state index >= 15 is 0 Å². The van der Waals surface area contributed by atoms with E-state index in [4.69, 9.17) is 0 Å². The zero-order valence-corrected chi connectivity index (χ0v) is 9.15. The summed E-state index contributed by atoms with van der Waals surface area (Å²) >= 11 is 0. The molecule has 0 amide bonds. The quantitative estimate of drug-likeness (QED) is 0.795. The smallest absolute Gasteiger partial charge is 0.183 e. The number of nitrogens with one attached hydrogen (secondary N) is 1. The van der Waals surface area contributed by atoms with Crippen LogP contribution >= 0.6 is 0 Å². The summed E-state index contributed by atoms with van der Waals surface area (Å²) < 4.78 is 2.01. The van der Waals surface area contributed by atoms with Crippen molar-refractivity contribution in [3.63, 3.8) is 0 Å². The summed E-state index contributed by atoms with van der Waals surface area (Å²) in [4.78, 5) is 11.2. The highest BCUT2D eigenvalue weighted by atomic mass is 16.1. The lowest BCUT2D eigenvalue weighted by Crippen LogP contribution is -2.09. The van der Waals surface area contributed by atoms with Gasteiger partial charge < -0.3 is 0 Å². The highest BCUT2D eigenvalue weighted by molar-refractivity contribution is 5.37. The molecule has 1 N–H and O–H groups in total. The summed E-state index contributed by atoms with van der Waals surface area (Å²) in [5, 5.41) is 7.30. The number of H-pyrrole nitrogens is 1. The van der Waals surface area contributed by atoms with Crippen LogP contribution in [-0.2, 0) is 0 Å². The molecule has 2 aromatic heterocycles. The van der Waals surface area contributed by atoms with Crippen LogP contribution in [0.3, 0.4) is 0 Å². The Balaban J connectivity index is 2.06. The number of pyridine rings is 1. The molecule has 4 heteroatoms. The summed E-state index contributed by atoms with van der Waals surface area (Å²) in [5.41, 5.74) is 0.826. The first kappa shape index (κ1) is 9.63. The lowest BCUT2D eigenvalue weighted by Gasteiger charge is -2.19. The molecule has 1 aliphatic carbocycles. The zero-order chi connectivity index (χ0) is 11.0. The van der Waals surface area contributed by atoms with Crippen molar-refractivity contribution in [3.05, 3.63) is 34.4 Å². The van der Waals surface area contributed by atoms with Gasteiger partial charge in [0.25, 0.3) is 0 Å². The average molecular weight is 217 g/mol. The van der Waals surface area contributed by atoms with Gasteiger partial charge in [-0.1, -0.05) is 19.3 Å². The van der Waals surface area contributed by atoms with Crippen molar-refractivity contribution < 1.29 is 0 Å². The standard InChI is InChI=1S/C12H15N3O/c16-10-6-7-15-11(8-10)13-14-12(15)9-4-2-1-3-5-9/h6-9,13H,1-5H2. The lowest BCUT2D eigenvalue weighted by atomic mass is 9.89. The van der Waals surface area contributed by atoms with Crippen LogP contribution in [0.15, 0.2) is 23.1 Å². The van der Waals surface area contributed by atoms with E-state index in [0.29, 0.717) is 5.92 Å². The molecule has 0 radical (unpaired) electrons. The van der Waals surface area contributed by atoms with Crippen LogP contribution in [0.25, 0.3) is 5.65 Å². The second kappa shape index (κ2) is 3.77. The lowest BCUT2D eigenvalue weighted by molar-refractivity contribution is 0.426. The average Bonchev–Trinajstić information content (AvgIpc) is 2.73. The Hall–Kier alpha value is -1.58. The number of aromatic nitrogens is 3. The number of hydrogen-bond acceptors (Lipinski definition) is 2. The van der Waals surface area contributed by atoms with Gasteiger partial charge in [-0.05, 0) is 12.8 Å². The fraction of sp³-hybridized carbons (Fsp3) is 0.500. The van der Waals surface area contributed by atoms with Crippen molar-refractivity contribution >= 4 is 5.65 Å². The Kier molecular flexibility index (Phi) is 2.27. The Bertz CT molecular complexity index is 549. The van der Waals surface area contributed by atoms with Gasteiger partial charge in [-0.15, -0.1) is 0 Å². The van der Waals surface area contributed by atoms with Gasteiger partial charge in [0.05, 0.1) is 0 Å². The van der Waals surface area contributed by atoms with Gasteiger partial charge >= 0.3 is 0 Å². The molecular weight excluding hydrogens is 202 g/mol. The molecule has 16 heavy (non-hydrogen) atoms. The van der Waals surface area contributed by atoms with Crippen LogP contribution in [0.4, 0.5) is 0 Å². The monoisotopic (exact) mass is 217 g/mol. The van der Waals surface area contributed by atoms with Crippen LogP contribution < -0.4 is 5.43 Å². The highest BCUT2D eigenvalue weighted by Crippen LogP contribution is 2.31. The molecule has 0 unspecified atom stereocenters. The van der Waals surface area contributed by atoms with E-state index in [-0.39, 0.29) is 5.43 Å². The Morgan fingerprint density at radius 1 is 1.31 bits per heavy atom. The first-order chi connectivity index (χ1) is 7.84. The van der Waals surface area contributed by atoms with Crippen molar-refractivity contribution in [3.8, 4) is 0 Å². The molecule has 84 valence electrons. The zero-order valence-electron chi connectivity index (χ0n) is 9.15. The van der Waals surface area contributed by atoms with Crippen LogP contribution in [-0.4, -0.2) is 14.6 Å². The molecule has 3 rings (SSSR count). The highest BCUT2D eigenvalue weighted by Gasteiger charge is 2.19. The minimum absolute atomic E-state index is 0.0267. The molecule has 0 atom stereocenters. The molecule has 0 aromatic carbocycles. The third kappa shape index (κ3) is 1.54. The number of nitrogens with zero attached hydrogens (tertiary/aromatic N) is 2. The molecule has 0 bridgehead atoms. The van der Waals surface area contributed by atoms with E-state index in [2.05, 4.69) is 10.2 Å². The van der Waals surface area contributed by atoms with Gasteiger partial charge in [0, 0.05) is 24.2 Å². The topological polar surface area (TPSA) is 50.2 Å². The number of rotatable bonds is 1. The molecule has 0 saturated heterocycles. The van der Waals surface area contributed by atoms with E-state index in [1.165, 1.54) is 32.1 Å². The molecule has 2 aromatic rings. The summed E-state index contributed by atoms with van der Waals surface area (Å²) in [5.74, 6) is 1.62. The summed E-state index contributed by atoms with van der Waals surface area (Å²) in [6.45, 7) is 0. The van der Waals surface area contributed by atoms with Crippen LogP contribution in [0.5, 0.6) is 0 Å². The molecule has 4 nitrogen and oxygen atoms in total. The number of hydrogen-bond donors (Lipinski definition) is 1. The fourth-order valence-corrected chi connectivity index (χ4v) is 2.58. The molecule has 0 spiro atoms. The molecular formula is C12H15N3O. The van der Waals surface area contributed by atoms with Crippen molar-refractivity contribution in [2.24, 2.45) is 0 Å². The predicted octanol–water partition coefficient (Wildman–Crippen LogP) is 2.07. The number of fused-ring (bicyclic) bond motifs is 1. The molecule has 1 aliphatic rings. The van der Waals surface area contributed by atoms with Crippen LogP contribution in [0, 0.1) is 0 Å². The fourth-order valence-electron chi connectivity index (χ4n) is 2.58. The largest absolute Gasteiger partial charge is 0.290 e. The predicted molar refractivity (Wildman–Crippen MR) is 61.6 cm³/mol. The van der Waals surface area contributed by atoms with Crippen LogP contribution in [0.1, 0.15) is 43.8 Å². The Morgan fingerprint density at radius 3 is 2.94 bits per heavy atom. The minimum Gasteiger partial charge on any atom is -0.290 e. The number of aromatic amines is 1. The van der Waals surface area contributed by atoms with Crippen molar-refractivity contribution in [2.45, 2.75) is 38.0 Å². The third-order valence-corrected chi connectivity index (χ3v) is 3.43. The first-order valence-electron chi connectivity index (χ1n) is 5.91. The second-order valence-corrected chi connectivity index (χ2v) is 4.53.